The monoisotopic (exact) mass is 243 g/mol. The second kappa shape index (κ2) is 4.18. The molecular formula is C10H17N3O2S. The van der Waals surface area contributed by atoms with Crippen molar-refractivity contribution in [3.63, 3.8) is 0 Å². The van der Waals surface area contributed by atoms with Crippen molar-refractivity contribution in [1.29, 1.82) is 0 Å². The topological polar surface area (TPSA) is 74.8 Å². The standard InChI is InChI=1S/C10H17N3O2S/c1-10(5-3-2-4-6-10)13-16(14,15)9-7-11-12-8-9/h7-8,13H,2-6H2,1H3,(H,11,12). The van der Waals surface area contributed by atoms with Crippen molar-refractivity contribution in [2.45, 2.75) is 49.5 Å². The molecule has 0 unspecified atom stereocenters. The highest BCUT2D eigenvalue weighted by atomic mass is 32.2. The van der Waals surface area contributed by atoms with E-state index in [0.717, 1.165) is 25.7 Å². The van der Waals surface area contributed by atoms with Crippen molar-refractivity contribution in [2.24, 2.45) is 0 Å². The quantitative estimate of drug-likeness (QED) is 0.843. The van der Waals surface area contributed by atoms with Crippen LogP contribution in [-0.4, -0.2) is 24.2 Å². The van der Waals surface area contributed by atoms with Gasteiger partial charge in [-0.15, -0.1) is 0 Å². The van der Waals surface area contributed by atoms with Gasteiger partial charge in [0.15, 0.2) is 0 Å². The van der Waals surface area contributed by atoms with Gasteiger partial charge < -0.3 is 0 Å². The zero-order valence-corrected chi connectivity index (χ0v) is 10.2. The number of hydrogen-bond donors (Lipinski definition) is 2. The van der Waals surface area contributed by atoms with Gasteiger partial charge in [0, 0.05) is 11.7 Å². The molecule has 1 heterocycles. The molecule has 0 aromatic carbocycles. The van der Waals surface area contributed by atoms with Crippen LogP contribution < -0.4 is 4.72 Å². The Hall–Kier alpha value is -0.880. The summed E-state index contributed by atoms with van der Waals surface area (Å²) in [6.07, 6.45) is 7.91. The number of hydrogen-bond acceptors (Lipinski definition) is 3. The normalized spacial score (nSPS) is 20.8. The minimum atomic E-state index is -3.42. The van der Waals surface area contributed by atoms with Crippen LogP contribution in [0.5, 0.6) is 0 Å². The molecule has 5 nitrogen and oxygen atoms in total. The number of nitrogens with one attached hydrogen (secondary N) is 2. The molecule has 1 aliphatic rings. The van der Waals surface area contributed by atoms with Crippen molar-refractivity contribution < 1.29 is 8.42 Å². The molecule has 0 aliphatic heterocycles. The average Bonchev–Trinajstić information content (AvgIpc) is 2.70. The van der Waals surface area contributed by atoms with Crippen molar-refractivity contribution >= 4 is 10.0 Å². The Bertz CT molecular complexity index is 433. The molecular weight excluding hydrogens is 226 g/mol. The molecule has 6 heteroatoms. The maximum Gasteiger partial charge on any atom is 0.244 e. The van der Waals surface area contributed by atoms with Gasteiger partial charge >= 0.3 is 0 Å². The summed E-state index contributed by atoms with van der Waals surface area (Å²) < 4.78 is 26.8. The van der Waals surface area contributed by atoms with E-state index in [-0.39, 0.29) is 10.4 Å². The van der Waals surface area contributed by atoms with Crippen molar-refractivity contribution in [2.75, 3.05) is 0 Å². The first-order valence-electron chi connectivity index (χ1n) is 5.55. The summed E-state index contributed by atoms with van der Waals surface area (Å²) in [7, 11) is -3.42. The smallest absolute Gasteiger partial charge is 0.244 e. The van der Waals surface area contributed by atoms with Gasteiger partial charge in [0.2, 0.25) is 10.0 Å². The molecule has 0 atom stereocenters. The highest BCUT2D eigenvalue weighted by Crippen LogP contribution is 2.29. The molecule has 1 aromatic heterocycles. The number of aromatic amines is 1. The molecule has 90 valence electrons. The third kappa shape index (κ3) is 2.44. The maximum absolute atomic E-state index is 12.0. The third-order valence-corrected chi connectivity index (χ3v) is 4.73. The SMILES string of the molecule is CC1(NS(=O)(=O)c2cn[nH]c2)CCCCC1. The Kier molecular flexibility index (Phi) is 3.03. The zero-order chi connectivity index (χ0) is 11.6. The maximum atomic E-state index is 12.0. The number of sulfonamides is 1. The summed E-state index contributed by atoms with van der Waals surface area (Å²) in [5.74, 6) is 0. The predicted molar refractivity (Wildman–Crippen MR) is 60.4 cm³/mol. The van der Waals surface area contributed by atoms with Crippen molar-refractivity contribution in [1.82, 2.24) is 14.9 Å². The molecule has 1 fully saturated rings. The minimum absolute atomic E-state index is 0.208. The molecule has 2 rings (SSSR count). The molecule has 1 saturated carbocycles. The largest absolute Gasteiger partial charge is 0.284 e. The van der Waals surface area contributed by atoms with Crippen LogP contribution >= 0.6 is 0 Å². The number of H-pyrrole nitrogens is 1. The number of nitrogens with zero attached hydrogens (tertiary/aromatic N) is 1. The Labute approximate surface area is 95.7 Å². The molecule has 0 bridgehead atoms. The molecule has 16 heavy (non-hydrogen) atoms. The highest BCUT2D eigenvalue weighted by Gasteiger charge is 2.32. The summed E-state index contributed by atoms with van der Waals surface area (Å²) >= 11 is 0. The van der Waals surface area contributed by atoms with Crippen LogP contribution in [0.1, 0.15) is 39.0 Å². The fourth-order valence-corrected chi connectivity index (χ4v) is 3.57. The first-order chi connectivity index (χ1) is 7.52. The van der Waals surface area contributed by atoms with E-state index < -0.39 is 10.0 Å². The van der Waals surface area contributed by atoms with Gasteiger partial charge in [-0.05, 0) is 19.8 Å². The van der Waals surface area contributed by atoms with Crippen LogP contribution in [0.2, 0.25) is 0 Å². The summed E-state index contributed by atoms with van der Waals surface area (Å²) in [5.41, 5.74) is -0.297. The van der Waals surface area contributed by atoms with Crippen LogP contribution in [0.15, 0.2) is 17.3 Å². The molecule has 1 aliphatic carbocycles. The zero-order valence-electron chi connectivity index (χ0n) is 9.36. The Morgan fingerprint density at radius 2 is 2.06 bits per heavy atom. The van der Waals surface area contributed by atoms with Crippen LogP contribution in [-0.2, 0) is 10.0 Å². The predicted octanol–water partition coefficient (Wildman–Crippen LogP) is 1.41. The Balaban J connectivity index is 2.14. The second-order valence-electron chi connectivity index (χ2n) is 4.66. The van der Waals surface area contributed by atoms with Gasteiger partial charge in [0.1, 0.15) is 4.90 Å². The summed E-state index contributed by atoms with van der Waals surface area (Å²) in [5, 5.41) is 6.18. The van der Waals surface area contributed by atoms with Crippen molar-refractivity contribution in [3.8, 4) is 0 Å². The molecule has 1 aromatic rings. The Morgan fingerprint density at radius 1 is 1.38 bits per heavy atom. The van der Waals surface area contributed by atoms with E-state index in [2.05, 4.69) is 14.9 Å². The fraction of sp³-hybridized carbons (Fsp3) is 0.700. The Morgan fingerprint density at radius 3 is 2.62 bits per heavy atom. The minimum Gasteiger partial charge on any atom is -0.284 e. The molecule has 0 amide bonds. The van der Waals surface area contributed by atoms with E-state index in [1.807, 2.05) is 6.92 Å². The van der Waals surface area contributed by atoms with Crippen molar-refractivity contribution in [3.05, 3.63) is 12.4 Å². The van der Waals surface area contributed by atoms with Crippen LogP contribution in [0, 0.1) is 0 Å². The summed E-state index contributed by atoms with van der Waals surface area (Å²) in [4.78, 5) is 0.208. The first kappa shape index (κ1) is 11.6. The van der Waals surface area contributed by atoms with E-state index in [9.17, 15) is 8.42 Å². The van der Waals surface area contributed by atoms with E-state index in [4.69, 9.17) is 0 Å². The van der Waals surface area contributed by atoms with Crippen LogP contribution in [0.4, 0.5) is 0 Å². The number of aromatic nitrogens is 2. The van der Waals surface area contributed by atoms with E-state index >= 15 is 0 Å². The van der Waals surface area contributed by atoms with E-state index in [1.54, 1.807) is 0 Å². The summed E-state index contributed by atoms with van der Waals surface area (Å²) in [6, 6.07) is 0. The average molecular weight is 243 g/mol. The lowest BCUT2D eigenvalue weighted by Gasteiger charge is -2.33. The van der Waals surface area contributed by atoms with E-state index in [0.29, 0.717) is 0 Å². The second-order valence-corrected chi connectivity index (χ2v) is 6.34. The summed E-state index contributed by atoms with van der Waals surface area (Å²) in [6.45, 7) is 1.98. The number of rotatable bonds is 3. The lowest BCUT2D eigenvalue weighted by molar-refractivity contribution is 0.294. The lowest BCUT2D eigenvalue weighted by Crippen LogP contribution is -2.46. The molecule has 0 radical (unpaired) electrons. The molecule has 0 saturated heterocycles. The van der Waals surface area contributed by atoms with Gasteiger partial charge in [0.25, 0.3) is 0 Å². The van der Waals surface area contributed by atoms with E-state index in [1.165, 1.54) is 18.8 Å². The third-order valence-electron chi connectivity index (χ3n) is 3.12. The van der Waals surface area contributed by atoms with Gasteiger partial charge in [-0.25, -0.2) is 13.1 Å². The van der Waals surface area contributed by atoms with Gasteiger partial charge in [0.05, 0.1) is 6.20 Å². The molecule has 2 N–H and O–H groups in total. The molecule has 0 spiro atoms. The highest BCUT2D eigenvalue weighted by molar-refractivity contribution is 7.89. The van der Waals surface area contributed by atoms with Gasteiger partial charge in [-0.3, -0.25) is 5.10 Å². The van der Waals surface area contributed by atoms with Gasteiger partial charge in [-0.1, -0.05) is 19.3 Å². The lowest BCUT2D eigenvalue weighted by atomic mass is 9.84. The van der Waals surface area contributed by atoms with Crippen LogP contribution in [0.3, 0.4) is 0 Å². The van der Waals surface area contributed by atoms with Crippen LogP contribution in [0.25, 0.3) is 0 Å². The fourth-order valence-electron chi connectivity index (χ4n) is 2.20. The van der Waals surface area contributed by atoms with Gasteiger partial charge in [-0.2, -0.15) is 5.10 Å². The first-order valence-corrected chi connectivity index (χ1v) is 7.03.